The van der Waals surface area contributed by atoms with E-state index in [1.165, 1.54) is 11.1 Å². The number of hydrogen-bond acceptors (Lipinski definition) is 3. The van der Waals surface area contributed by atoms with E-state index in [4.69, 9.17) is 13.3 Å². The Labute approximate surface area is 155 Å². The number of aryl methyl sites for hydroxylation is 3. The van der Waals surface area contributed by atoms with Gasteiger partial charge in [-0.3, -0.25) is 0 Å². The molecule has 0 aliphatic carbocycles. The van der Waals surface area contributed by atoms with Crippen molar-refractivity contribution in [1.29, 1.82) is 0 Å². The Hall–Kier alpha value is -2.68. The average Bonchev–Trinajstić information content (AvgIpc) is 3.29. The largest absolute Gasteiger partial charge is 0.466 e. The fourth-order valence-electron chi connectivity index (χ4n) is 3.09. The molecule has 3 aromatic heterocycles. The minimum atomic E-state index is -0.0210. The van der Waals surface area contributed by atoms with Gasteiger partial charge in [-0.25, -0.2) is 0 Å². The molecule has 0 radical (unpaired) electrons. The molecule has 3 heterocycles. The first kappa shape index (κ1) is 18.1. The van der Waals surface area contributed by atoms with Crippen LogP contribution in [0.5, 0.6) is 0 Å². The molecule has 0 saturated heterocycles. The van der Waals surface area contributed by atoms with E-state index in [0.29, 0.717) is 0 Å². The monoisotopic (exact) mass is 350 g/mol. The topological polar surface area (TPSA) is 39.4 Å². The maximum absolute atomic E-state index is 5.90. The lowest BCUT2D eigenvalue weighted by atomic mass is 9.94. The molecule has 0 aliphatic rings. The fraction of sp³-hybridized carbons (Fsp3) is 0.304. The standard InChI is InChI=1S/C23H26O3/c1-15(14-20-11-8-17(3)24-20)6-7-16(2)23(21-12-9-18(4)25-21)22-13-10-19(5)26-22/h6-13,23H,14H2,1-5H3/b15-6+,16-7+. The summed E-state index contributed by atoms with van der Waals surface area (Å²) < 4.78 is 17.5. The second kappa shape index (κ2) is 7.69. The molecule has 0 aliphatic heterocycles. The van der Waals surface area contributed by atoms with E-state index >= 15 is 0 Å². The van der Waals surface area contributed by atoms with Crippen LogP contribution in [0.1, 0.15) is 54.3 Å². The highest BCUT2D eigenvalue weighted by atomic mass is 16.4. The molecule has 0 saturated carbocycles. The molecule has 0 N–H and O–H groups in total. The molecule has 3 heteroatoms. The summed E-state index contributed by atoms with van der Waals surface area (Å²) in [7, 11) is 0. The molecule has 26 heavy (non-hydrogen) atoms. The third kappa shape index (κ3) is 4.29. The second-order valence-corrected chi connectivity index (χ2v) is 6.94. The lowest BCUT2D eigenvalue weighted by molar-refractivity contribution is 0.426. The Morgan fingerprint density at radius 2 is 1.31 bits per heavy atom. The van der Waals surface area contributed by atoms with Gasteiger partial charge in [0, 0.05) is 6.42 Å². The van der Waals surface area contributed by atoms with Crippen molar-refractivity contribution < 1.29 is 13.3 Å². The first-order chi connectivity index (χ1) is 12.4. The van der Waals surface area contributed by atoms with Gasteiger partial charge in [-0.15, -0.1) is 0 Å². The SMILES string of the molecule is C/C(=C\C=C(/C)C(c1ccc(C)o1)c1ccc(C)o1)Cc1ccc(C)o1. The molecule has 0 amide bonds. The summed E-state index contributed by atoms with van der Waals surface area (Å²) in [5.74, 6) is 5.52. The second-order valence-electron chi connectivity index (χ2n) is 6.94. The van der Waals surface area contributed by atoms with E-state index in [1.807, 2.05) is 57.2 Å². The van der Waals surface area contributed by atoms with Gasteiger partial charge < -0.3 is 13.3 Å². The number of furan rings is 3. The first-order valence-electron chi connectivity index (χ1n) is 8.94. The van der Waals surface area contributed by atoms with Gasteiger partial charge in [0.25, 0.3) is 0 Å². The van der Waals surface area contributed by atoms with Crippen molar-refractivity contribution in [2.75, 3.05) is 0 Å². The smallest absolute Gasteiger partial charge is 0.118 e. The van der Waals surface area contributed by atoms with Crippen LogP contribution in [0.3, 0.4) is 0 Å². The van der Waals surface area contributed by atoms with Crippen LogP contribution in [0.4, 0.5) is 0 Å². The zero-order valence-corrected chi connectivity index (χ0v) is 16.1. The summed E-state index contributed by atoms with van der Waals surface area (Å²) in [6, 6.07) is 12.1. The summed E-state index contributed by atoms with van der Waals surface area (Å²) in [6.07, 6.45) is 5.10. The van der Waals surface area contributed by atoms with Crippen molar-refractivity contribution in [2.45, 2.75) is 47.0 Å². The summed E-state index contributed by atoms with van der Waals surface area (Å²) in [5.41, 5.74) is 2.41. The number of rotatable bonds is 6. The molecule has 0 spiro atoms. The van der Waals surface area contributed by atoms with Gasteiger partial charge in [0.05, 0.1) is 5.92 Å². The summed E-state index contributed by atoms with van der Waals surface area (Å²) in [5, 5.41) is 0. The van der Waals surface area contributed by atoms with Crippen molar-refractivity contribution in [3.8, 4) is 0 Å². The maximum atomic E-state index is 5.90. The van der Waals surface area contributed by atoms with E-state index in [-0.39, 0.29) is 5.92 Å². The van der Waals surface area contributed by atoms with Gasteiger partial charge in [0.1, 0.15) is 34.6 Å². The summed E-state index contributed by atoms with van der Waals surface area (Å²) in [6.45, 7) is 10.1. The molecular weight excluding hydrogens is 324 g/mol. The molecule has 136 valence electrons. The Kier molecular flexibility index (Phi) is 5.36. The molecule has 0 fully saturated rings. The fourth-order valence-corrected chi connectivity index (χ4v) is 3.09. The molecule has 3 rings (SSSR count). The highest BCUT2D eigenvalue weighted by molar-refractivity contribution is 5.35. The Bertz CT molecular complexity index is 890. The Morgan fingerprint density at radius 1 is 0.769 bits per heavy atom. The normalized spacial score (nSPS) is 13.0. The molecule has 0 aromatic carbocycles. The van der Waals surface area contributed by atoms with Gasteiger partial charge in [-0.1, -0.05) is 23.3 Å². The predicted molar refractivity (Wildman–Crippen MR) is 103 cm³/mol. The van der Waals surface area contributed by atoms with Crippen molar-refractivity contribution >= 4 is 0 Å². The first-order valence-corrected chi connectivity index (χ1v) is 8.94. The van der Waals surface area contributed by atoms with Crippen LogP contribution in [0.25, 0.3) is 0 Å². The highest BCUT2D eigenvalue weighted by Gasteiger charge is 2.22. The van der Waals surface area contributed by atoms with Crippen LogP contribution in [-0.4, -0.2) is 0 Å². The molecule has 3 aromatic rings. The van der Waals surface area contributed by atoms with Crippen LogP contribution in [0, 0.1) is 20.8 Å². The number of allylic oxidation sites excluding steroid dienone is 4. The van der Waals surface area contributed by atoms with Gasteiger partial charge in [-0.05, 0) is 71.0 Å². The molecular formula is C23H26O3. The van der Waals surface area contributed by atoms with E-state index in [9.17, 15) is 0 Å². The van der Waals surface area contributed by atoms with E-state index < -0.39 is 0 Å². The quantitative estimate of drug-likeness (QED) is 0.467. The van der Waals surface area contributed by atoms with Crippen LogP contribution < -0.4 is 0 Å². The minimum absolute atomic E-state index is 0.0210. The lowest BCUT2D eigenvalue weighted by Gasteiger charge is -2.13. The highest BCUT2D eigenvalue weighted by Crippen LogP contribution is 2.34. The zero-order valence-electron chi connectivity index (χ0n) is 16.1. The van der Waals surface area contributed by atoms with Crippen molar-refractivity contribution in [3.63, 3.8) is 0 Å². The maximum Gasteiger partial charge on any atom is 0.118 e. The van der Waals surface area contributed by atoms with E-state index in [0.717, 1.165) is 41.0 Å². The van der Waals surface area contributed by atoms with Crippen molar-refractivity contribution in [1.82, 2.24) is 0 Å². The van der Waals surface area contributed by atoms with Gasteiger partial charge in [0.15, 0.2) is 0 Å². The van der Waals surface area contributed by atoms with Crippen LogP contribution in [0.2, 0.25) is 0 Å². The van der Waals surface area contributed by atoms with Gasteiger partial charge >= 0.3 is 0 Å². The van der Waals surface area contributed by atoms with Crippen LogP contribution in [0.15, 0.2) is 72.9 Å². The van der Waals surface area contributed by atoms with E-state index in [1.54, 1.807) is 0 Å². The molecule has 0 unspecified atom stereocenters. The predicted octanol–water partition coefficient (Wildman–Crippen LogP) is 6.66. The number of hydrogen-bond donors (Lipinski definition) is 0. The third-order valence-corrected chi connectivity index (χ3v) is 4.43. The lowest BCUT2D eigenvalue weighted by Crippen LogP contribution is -2.00. The molecule has 3 nitrogen and oxygen atoms in total. The van der Waals surface area contributed by atoms with Gasteiger partial charge in [-0.2, -0.15) is 0 Å². The Balaban J connectivity index is 1.85. The summed E-state index contributed by atoms with van der Waals surface area (Å²) in [4.78, 5) is 0. The van der Waals surface area contributed by atoms with E-state index in [2.05, 4.69) is 26.0 Å². The average molecular weight is 350 g/mol. The van der Waals surface area contributed by atoms with Gasteiger partial charge in [0.2, 0.25) is 0 Å². The third-order valence-electron chi connectivity index (χ3n) is 4.43. The molecule has 0 atom stereocenters. The Morgan fingerprint density at radius 3 is 1.77 bits per heavy atom. The van der Waals surface area contributed by atoms with Crippen LogP contribution in [-0.2, 0) is 6.42 Å². The minimum Gasteiger partial charge on any atom is -0.466 e. The van der Waals surface area contributed by atoms with Crippen LogP contribution >= 0.6 is 0 Å². The van der Waals surface area contributed by atoms with Crippen molar-refractivity contribution in [3.05, 3.63) is 94.3 Å². The van der Waals surface area contributed by atoms with Crippen molar-refractivity contribution in [2.24, 2.45) is 0 Å². The summed E-state index contributed by atoms with van der Waals surface area (Å²) >= 11 is 0. The molecule has 0 bridgehead atoms. The zero-order chi connectivity index (χ0) is 18.7.